The number of aromatic carboxylic acids is 1. The summed E-state index contributed by atoms with van der Waals surface area (Å²) in [6, 6.07) is 3.07. The van der Waals surface area contributed by atoms with Gasteiger partial charge in [0, 0.05) is 17.7 Å². The van der Waals surface area contributed by atoms with Crippen LogP contribution in [0.1, 0.15) is 17.3 Å². The number of carbonyl (C=O) groups is 2. The molecule has 0 saturated heterocycles. The summed E-state index contributed by atoms with van der Waals surface area (Å²) < 4.78 is 45.7. The first-order valence-electron chi connectivity index (χ1n) is 6.03. The number of hydrogen-bond acceptors (Lipinski definition) is 6. The molecule has 1 amide bonds. The Hall–Kier alpha value is -1.94. The zero-order valence-corrected chi connectivity index (χ0v) is 13.5. The number of anilines is 1. The van der Waals surface area contributed by atoms with Crippen LogP contribution in [0, 0.1) is 0 Å². The Kier molecular flexibility index (Phi) is 5.30. The molecule has 0 radical (unpaired) electrons. The maximum Gasteiger partial charge on any atom is 0.335 e. The fraction of sp³-hybridized carbons (Fsp3) is 0.333. The van der Waals surface area contributed by atoms with Crippen molar-refractivity contribution in [1.82, 2.24) is 0 Å². The summed E-state index contributed by atoms with van der Waals surface area (Å²) in [7, 11) is -7.24. The van der Waals surface area contributed by atoms with Crippen LogP contribution in [0.15, 0.2) is 23.1 Å². The first kappa shape index (κ1) is 18.1. The molecule has 10 heteroatoms. The summed E-state index contributed by atoms with van der Waals surface area (Å²) in [6.07, 6.45) is 0.890. The average Bonchev–Trinajstić information content (AvgIpc) is 2.36. The maximum absolute atomic E-state index is 11.6. The van der Waals surface area contributed by atoms with Crippen LogP contribution in [0.3, 0.4) is 0 Å². The number of hydrogen-bond donors (Lipinski definition) is 2. The molecule has 0 aliphatic carbocycles. The topological polar surface area (TPSA) is 135 Å². The summed E-state index contributed by atoms with van der Waals surface area (Å²) in [5.41, 5.74) is -0.437. The molecule has 0 atom stereocenters. The largest absolute Gasteiger partial charge is 0.478 e. The van der Waals surface area contributed by atoms with E-state index in [1.807, 2.05) is 0 Å². The Morgan fingerprint density at radius 2 is 1.73 bits per heavy atom. The maximum atomic E-state index is 11.6. The van der Waals surface area contributed by atoms with E-state index in [1.165, 1.54) is 6.92 Å². The quantitative estimate of drug-likeness (QED) is 0.747. The van der Waals surface area contributed by atoms with E-state index in [0.29, 0.717) is 0 Å². The second-order valence-electron chi connectivity index (χ2n) is 4.55. The Balaban J connectivity index is 3.17. The van der Waals surface area contributed by atoms with Gasteiger partial charge in [-0.15, -0.1) is 0 Å². The number of nitrogens with one attached hydrogen (secondary N) is 1. The second kappa shape index (κ2) is 6.44. The SMILES string of the molecule is CCS(=O)(=O)CC(=O)Nc1cc(C(=O)O)cc(S(C)(=O)=O)c1. The lowest BCUT2D eigenvalue weighted by molar-refractivity contribution is -0.113. The highest BCUT2D eigenvalue weighted by molar-refractivity contribution is 7.92. The number of carboxylic acid groups (broad SMARTS) is 1. The fourth-order valence-corrected chi connectivity index (χ4v) is 2.87. The molecule has 0 saturated carbocycles. The molecular weight excluding hydrogens is 334 g/mol. The smallest absolute Gasteiger partial charge is 0.335 e. The predicted octanol–water partition coefficient (Wildman–Crippen LogP) is 0.161. The van der Waals surface area contributed by atoms with Gasteiger partial charge in [0.2, 0.25) is 5.91 Å². The molecule has 2 N–H and O–H groups in total. The Morgan fingerprint density at radius 3 is 2.18 bits per heavy atom. The highest BCUT2D eigenvalue weighted by atomic mass is 32.2. The summed E-state index contributed by atoms with van der Waals surface area (Å²) in [5, 5.41) is 11.1. The van der Waals surface area contributed by atoms with Gasteiger partial charge in [0.25, 0.3) is 0 Å². The highest BCUT2D eigenvalue weighted by Crippen LogP contribution is 2.19. The van der Waals surface area contributed by atoms with Crippen molar-refractivity contribution in [3.8, 4) is 0 Å². The van der Waals surface area contributed by atoms with Crippen LogP contribution in [0.25, 0.3) is 0 Å². The Labute approximate surface area is 128 Å². The predicted molar refractivity (Wildman–Crippen MR) is 79.5 cm³/mol. The van der Waals surface area contributed by atoms with E-state index in [2.05, 4.69) is 5.32 Å². The average molecular weight is 349 g/mol. The third-order valence-electron chi connectivity index (χ3n) is 2.66. The zero-order valence-electron chi connectivity index (χ0n) is 11.9. The van der Waals surface area contributed by atoms with Crippen LogP contribution < -0.4 is 5.32 Å². The number of amides is 1. The van der Waals surface area contributed by atoms with Gasteiger partial charge >= 0.3 is 5.97 Å². The van der Waals surface area contributed by atoms with Crippen LogP contribution in [0.4, 0.5) is 5.69 Å². The van der Waals surface area contributed by atoms with Crippen molar-refractivity contribution >= 4 is 37.2 Å². The minimum absolute atomic E-state index is 0.100. The second-order valence-corrected chi connectivity index (χ2v) is 8.92. The van der Waals surface area contributed by atoms with E-state index in [4.69, 9.17) is 5.11 Å². The van der Waals surface area contributed by atoms with Gasteiger partial charge < -0.3 is 10.4 Å². The van der Waals surface area contributed by atoms with Crippen LogP contribution in [0.2, 0.25) is 0 Å². The van der Waals surface area contributed by atoms with Gasteiger partial charge in [-0.25, -0.2) is 21.6 Å². The molecule has 22 heavy (non-hydrogen) atoms. The van der Waals surface area contributed by atoms with E-state index in [9.17, 15) is 26.4 Å². The van der Waals surface area contributed by atoms with E-state index < -0.39 is 37.3 Å². The Bertz CT molecular complexity index is 810. The number of benzene rings is 1. The van der Waals surface area contributed by atoms with Crippen molar-refractivity contribution in [2.45, 2.75) is 11.8 Å². The molecule has 0 spiro atoms. The third kappa shape index (κ3) is 5.11. The van der Waals surface area contributed by atoms with E-state index >= 15 is 0 Å². The molecule has 122 valence electrons. The minimum atomic E-state index is -3.69. The summed E-state index contributed by atoms with van der Waals surface area (Å²) in [5.74, 6) is -3.23. The molecule has 0 aliphatic heterocycles. The molecule has 0 heterocycles. The minimum Gasteiger partial charge on any atom is -0.478 e. The van der Waals surface area contributed by atoms with Crippen molar-refractivity contribution in [1.29, 1.82) is 0 Å². The summed E-state index contributed by atoms with van der Waals surface area (Å²) >= 11 is 0. The molecule has 0 fully saturated rings. The standard InChI is InChI=1S/C12H15NO7S2/c1-3-22(19,20)7-11(14)13-9-4-8(12(15)16)5-10(6-9)21(2,17)18/h4-6H,3,7H2,1-2H3,(H,13,14)(H,15,16). The van der Waals surface area contributed by atoms with E-state index in [0.717, 1.165) is 24.5 Å². The van der Waals surface area contributed by atoms with Crippen molar-refractivity contribution in [2.24, 2.45) is 0 Å². The molecule has 0 unspecified atom stereocenters. The number of carboxylic acids is 1. The van der Waals surface area contributed by atoms with Gasteiger partial charge in [-0.2, -0.15) is 0 Å². The number of rotatable bonds is 6. The van der Waals surface area contributed by atoms with Crippen molar-refractivity contribution in [2.75, 3.05) is 23.1 Å². The van der Waals surface area contributed by atoms with Crippen LogP contribution in [-0.4, -0.2) is 51.6 Å². The van der Waals surface area contributed by atoms with Crippen LogP contribution >= 0.6 is 0 Å². The first-order chi connectivity index (χ1) is 9.94. The van der Waals surface area contributed by atoms with Gasteiger partial charge in [-0.05, 0) is 18.2 Å². The van der Waals surface area contributed by atoms with Gasteiger partial charge in [0.05, 0.1) is 10.5 Å². The van der Waals surface area contributed by atoms with Crippen molar-refractivity contribution in [3.05, 3.63) is 23.8 Å². The number of sulfone groups is 2. The lowest BCUT2D eigenvalue weighted by atomic mass is 10.2. The summed E-state index contributed by atoms with van der Waals surface area (Å²) in [6.45, 7) is 1.38. The lowest BCUT2D eigenvalue weighted by Gasteiger charge is -2.08. The monoisotopic (exact) mass is 349 g/mol. The fourth-order valence-electron chi connectivity index (χ4n) is 1.51. The molecule has 0 aromatic heterocycles. The van der Waals surface area contributed by atoms with E-state index in [-0.39, 0.29) is 21.9 Å². The van der Waals surface area contributed by atoms with Crippen molar-refractivity contribution in [3.63, 3.8) is 0 Å². The molecule has 1 rings (SSSR count). The van der Waals surface area contributed by atoms with Crippen molar-refractivity contribution < 1.29 is 31.5 Å². The third-order valence-corrected chi connectivity index (χ3v) is 5.33. The van der Waals surface area contributed by atoms with Crippen LogP contribution in [-0.2, 0) is 24.5 Å². The van der Waals surface area contributed by atoms with E-state index in [1.54, 1.807) is 0 Å². The number of carbonyl (C=O) groups excluding carboxylic acids is 1. The molecule has 8 nitrogen and oxygen atoms in total. The van der Waals surface area contributed by atoms with Crippen LogP contribution in [0.5, 0.6) is 0 Å². The Morgan fingerprint density at radius 1 is 1.14 bits per heavy atom. The molecule has 1 aromatic carbocycles. The van der Waals surface area contributed by atoms with Gasteiger partial charge in [-0.3, -0.25) is 4.79 Å². The highest BCUT2D eigenvalue weighted by Gasteiger charge is 2.17. The molecular formula is C12H15NO7S2. The lowest BCUT2D eigenvalue weighted by Crippen LogP contribution is -2.24. The molecule has 0 aliphatic rings. The van der Waals surface area contributed by atoms with Gasteiger partial charge in [0.1, 0.15) is 5.75 Å². The molecule has 1 aromatic rings. The summed E-state index contributed by atoms with van der Waals surface area (Å²) in [4.78, 5) is 22.3. The zero-order chi connectivity index (χ0) is 17.1. The molecule has 0 bridgehead atoms. The van der Waals surface area contributed by atoms with Gasteiger partial charge in [0.15, 0.2) is 19.7 Å². The first-order valence-corrected chi connectivity index (χ1v) is 9.74. The normalized spacial score (nSPS) is 11.9. The van der Waals surface area contributed by atoms with Gasteiger partial charge in [-0.1, -0.05) is 6.92 Å².